The fraction of sp³-hybridized carbons (Fsp3) is 0.857. The van der Waals surface area contributed by atoms with Gasteiger partial charge in [0, 0.05) is 6.42 Å². The van der Waals surface area contributed by atoms with Gasteiger partial charge < -0.3 is 15.7 Å². The Hall–Kier alpha value is -0.980. The maximum atomic E-state index is 11.7. The molecule has 0 saturated carbocycles. The number of ether oxygens (including phenoxy) is 1. The number of halogens is 3. The molecule has 0 aliphatic heterocycles. The van der Waals surface area contributed by atoms with Crippen molar-refractivity contribution in [3.05, 3.63) is 0 Å². The lowest BCUT2D eigenvalue weighted by Crippen LogP contribution is -2.27. The second-order valence-electron chi connectivity index (χ2n) is 2.75. The smallest absolute Gasteiger partial charge is 0.409 e. The van der Waals surface area contributed by atoms with Gasteiger partial charge in [-0.3, -0.25) is 0 Å². The van der Waals surface area contributed by atoms with Gasteiger partial charge in [-0.2, -0.15) is 13.2 Å². The number of amidine groups is 1. The van der Waals surface area contributed by atoms with Crippen molar-refractivity contribution in [3.8, 4) is 0 Å². The molecule has 0 saturated heterocycles. The van der Waals surface area contributed by atoms with E-state index in [1.807, 2.05) is 0 Å². The van der Waals surface area contributed by atoms with Crippen molar-refractivity contribution in [1.29, 1.82) is 0 Å². The van der Waals surface area contributed by atoms with E-state index in [-0.39, 0.29) is 12.3 Å². The lowest BCUT2D eigenvalue weighted by molar-refractivity contribution is -0.184. The van der Waals surface area contributed by atoms with E-state index in [0.717, 1.165) is 0 Å². The number of nitrogens with two attached hydrogens (primary N) is 1. The molecule has 0 aliphatic rings. The van der Waals surface area contributed by atoms with Crippen molar-refractivity contribution in [2.45, 2.75) is 32.0 Å². The zero-order valence-corrected chi connectivity index (χ0v) is 7.71. The maximum Gasteiger partial charge on any atom is 0.411 e. The van der Waals surface area contributed by atoms with E-state index >= 15 is 0 Å². The summed E-state index contributed by atoms with van der Waals surface area (Å²) in [5, 5.41) is 10.8. The molecule has 0 aromatic heterocycles. The molecule has 14 heavy (non-hydrogen) atoms. The van der Waals surface area contributed by atoms with E-state index in [1.54, 1.807) is 6.92 Å². The summed E-state index contributed by atoms with van der Waals surface area (Å²) in [5.74, 6) is -0.140. The summed E-state index contributed by atoms with van der Waals surface area (Å²) < 4.78 is 39.7. The van der Waals surface area contributed by atoms with E-state index in [9.17, 15) is 13.2 Å². The number of alkyl halides is 3. The molecule has 7 heteroatoms. The number of rotatable bonds is 5. The fourth-order valence-corrected chi connectivity index (χ4v) is 0.808. The average Bonchev–Trinajstić information content (AvgIpc) is 2.10. The minimum absolute atomic E-state index is 0.0108. The summed E-state index contributed by atoms with van der Waals surface area (Å²) in [6, 6.07) is 0. The molecular formula is C7H13F3N2O2. The Morgan fingerprint density at radius 2 is 2.14 bits per heavy atom. The summed E-state index contributed by atoms with van der Waals surface area (Å²) in [5.41, 5.74) is 5.13. The normalized spacial score (nSPS) is 15.6. The van der Waals surface area contributed by atoms with Crippen molar-refractivity contribution >= 4 is 5.84 Å². The van der Waals surface area contributed by atoms with Crippen molar-refractivity contribution < 1.29 is 23.1 Å². The predicted octanol–water partition coefficient (Wildman–Crippen LogP) is 1.48. The summed E-state index contributed by atoms with van der Waals surface area (Å²) in [4.78, 5) is 0. The summed E-state index contributed by atoms with van der Waals surface area (Å²) in [7, 11) is 0. The Bertz CT molecular complexity index is 194. The van der Waals surface area contributed by atoms with Crippen LogP contribution in [-0.2, 0) is 4.74 Å². The minimum Gasteiger partial charge on any atom is -0.409 e. The number of hydrogen-bond donors (Lipinski definition) is 2. The molecule has 0 amide bonds. The van der Waals surface area contributed by atoms with E-state index in [0.29, 0.717) is 6.42 Å². The standard InChI is InChI=1S/C7H13F3N2O2/c1-2-5(3-6(11)12-13)14-4-7(8,9)10/h5,13H,2-4H2,1H3,(H2,11,12). The highest BCUT2D eigenvalue weighted by Gasteiger charge is 2.29. The Morgan fingerprint density at radius 3 is 2.50 bits per heavy atom. The van der Waals surface area contributed by atoms with Gasteiger partial charge in [-0.05, 0) is 6.42 Å². The van der Waals surface area contributed by atoms with Crippen LogP contribution in [0.15, 0.2) is 5.16 Å². The molecule has 0 fully saturated rings. The topological polar surface area (TPSA) is 67.8 Å². The fourth-order valence-electron chi connectivity index (χ4n) is 0.808. The third kappa shape index (κ3) is 6.53. The average molecular weight is 214 g/mol. The minimum atomic E-state index is -4.35. The molecule has 0 aliphatic carbocycles. The quantitative estimate of drug-likeness (QED) is 0.315. The van der Waals surface area contributed by atoms with Gasteiger partial charge >= 0.3 is 6.18 Å². The van der Waals surface area contributed by atoms with Crippen LogP contribution in [0.25, 0.3) is 0 Å². The van der Waals surface area contributed by atoms with E-state index in [2.05, 4.69) is 9.89 Å². The SMILES string of the molecule is CCC(C/C(N)=N/O)OCC(F)(F)F. The van der Waals surface area contributed by atoms with Crippen LogP contribution in [0, 0.1) is 0 Å². The number of hydrogen-bond acceptors (Lipinski definition) is 3. The number of oxime groups is 1. The van der Waals surface area contributed by atoms with Crippen LogP contribution in [-0.4, -0.2) is 29.9 Å². The van der Waals surface area contributed by atoms with Gasteiger partial charge in [0.15, 0.2) is 0 Å². The van der Waals surface area contributed by atoms with Gasteiger partial charge in [0.1, 0.15) is 12.4 Å². The molecule has 0 radical (unpaired) electrons. The molecule has 0 bridgehead atoms. The zero-order chi connectivity index (χ0) is 11.2. The first-order valence-electron chi connectivity index (χ1n) is 4.03. The Kier molecular flexibility index (Phi) is 5.29. The van der Waals surface area contributed by atoms with Gasteiger partial charge in [-0.15, -0.1) is 0 Å². The second-order valence-corrected chi connectivity index (χ2v) is 2.75. The molecule has 0 aromatic rings. The summed E-state index contributed by atoms with van der Waals surface area (Å²) in [6.07, 6.45) is -4.67. The van der Waals surface area contributed by atoms with Crippen LogP contribution in [0.3, 0.4) is 0 Å². The van der Waals surface area contributed by atoms with Crippen LogP contribution < -0.4 is 5.73 Å². The van der Waals surface area contributed by atoms with Gasteiger partial charge in [0.25, 0.3) is 0 Å². The number of nitrogens with zero attached hydrogens (tertiary/aromatic N) is 1. The highest BCUT2D eigenvalue weighted by Crippen LogP contribution is 2.17. The predicted molar refractivity (Wildman–Crippen MR) is 44.1 cm³/mol. The van der Waals surface area contributed by atoms with Gasteiger partial charge in [-0.25, -0.2) is 0 Å². The van der Waals surface area contributed by atoms with E-state index in [1.165, 1.54) is 0 Å². The van der Waals surface area contributed by atoms with Crippen LogP contribution >= 0.6 is 0 Å². The molecule has 0 spiro atoms. The van der Waals surface area contributed by atoms with Crippen molar-refractivity contribution in [2.75, 3.05) is 6.61 Å². The second kappa shape index (κ2) is 5.69. The first-order chi connectivity index (χ1) is 6.39. The van der Waals surface area contributed by atoms with Gasteiger partial charge in [0.2, 0.25) is 0 Å². The van der Waals surface area contributed by atoms with Crippen molar-refractivity contribution in [3.63, 3.8) is 0 Å². The highest BCUT2D eigenvalue weighted by molar-refractivity contribution is 5.80. The molecule has 84 valence electrons. The molecular weight excluding hydrogens is 201 g/mol. The van der Waals surface area contributed by atoms with Crippen LogP contribution in [0.1, 0.15) is 19.8 Å². The Labute approximate surface area is 79.5 Å². The summed E-state index contributed by atoms with van der Waals surface area (Å²) in [6.45, 7) is 0.343. The molecule has 0 aromatic carbocycles. The molecule has 4 nitrogen and oxygen atoms in total. The van der Waals surface area contributed by atoms with Gasteiger partial charge in [0.05, 0.1) is 6.10 Å². The third-order valence-corrected chi connectivity index (χ3v) is 1.50. The van der Waals surface area contributed by atoms with E-state index in [4.69, 9.17) is 10.9 Å². The summed E-state index contributed by atoms with van der Waals surface area (Å²) >= 11 is 0. The molecule has 0 rings (SSSR count). The third-order valence-electron chi connectivity index (χ3n) is 1.50. The maximum absolute atomic E-state index is 11.7. The van der Waals surface area contributed by atoms with Crippen LogP contribution in [0.4, 0.5) is 13.2 Å². The van der Waals surface area contributed by atoms with Crippen molar-refractivity contribution in [2.24, 2.45) is 10.9 Å². The lowest BCUT2D eigenvalue weighted by Gasteiger charge is -2.16. The van der Waals surface area contributed by atoms with Crippen LogP contribution in [0.2, 0.25) is 0 Å². The molecule has 3 N–H and O–H groups in total. The van der Waals surface area contributed by atoms with E-state index < -0.39 is 18.9 Å². The molecule has 1 atom stereocenters. The first kappa shape index (κ1) is 13.0. The largest absolute Gasteiger partial charge is 0.411 e. The first-order valence-corrected chi connectivity index (χ1v) is 4.03. The Morgan fingerprint density at radius 1 is 1.57 bits per heavy atom. The van der Waals surface area contributed by atoms with Gasteiger partial charge in [-0.1, -0.05) is 12.1 Å². The lowest BCUT2D eigenvalue weighted by atomic mass is 10.2. The monoisotopic (exact) mass is 214 g/mol. The van der Waals surface area contributed by atoms with Crippen molar-refractivity contribution in [1.82, 2.24) is 0 Å². The zero-order valence-electron chi connectivity index (χ0n) is 7.71. The molecule has 1 unspecified atom stereocenters. The highest BCUT2D eigenvalue weighted by atomic mass is 19.4. The van der Waals surface area contributed by atoms with Crippen LogP contribution in [0.5, 0.6) is 0 Å². The molecule has 0 heterocycles. The Balaban J connectivity index is 3.92.